The molecule has 1 saturated heterocycles. The zero-order valence-corrected chi connectivity index (χ0v) is 21.4. The van der Waals surface area contributed by atoms with Gasteiger partial charge in [-0.15, -0.1) is 0 Å². The molecule has 3 aliphatic heterocycles. The highest BCUT2D eigenvalue weighted by molar-refractivity contribution is 5.84. The zero-order chi connectivity index (χ0) is 26.7. The second-order valence-corrected chi connectivity index (χ2v) is 11.0. The Hall–Kier alpha value is -4.08. The fourth-order valence-electron chi connectivity index (χ4n) is 7.25. The first-order valence-corrected chi connectivity index (χ1v) is 13.6. The van der Waals surface area contributed by atoms with E-state index in [1.165, 1.54) is 0 Å². The number of para-hydroxylation sites is 1. The molecule has 2 bridgehead atoms. The summed E-state index contributed by atoms with van der Waals surface area (Å²) >= 11 is 0. The standard InChI is InChI=1S/C30H30N5O4/c36-28-7-3-6-26-20-12-21(17-33(26)28)29-24(14-19-13-22(35(38)39)8-9-27(19)34(29)16-20)30(37)31-11-10-18-15-32-25-5-2-1-4-23(18)25/h1-9,13,15,20-21,24,29,32,38H,10-12,14,16-17H2,(H,31,37)/q-1/t20?,21?,24-,29+/m1/s1. The van der Waals surface area contributed by atoms with Gasteiger partial charge in [0.25, 0.3) is 5.56 Å². The summed E-state index contributed by atoms with van der Waals surface area (Å²) in [4.78, 5) is 32.1. The van der Waals surface area contributed by atoms with Gasteiger partial charge in [0.2, 0.25) is 5.91 Å². The van der Waals surface area contributed by atoms with Crippen LogP contribution in [0.5, 0.6) is 0 Å². The number of H-pyrrole nitrogens is 1. The molecule has 0 spiro atoms. The summed E-state index contributed by atoms with van der Waals surface area (Å²) in [6.45, 7) is 1.79. The number of nitrogens with one attached hydrogen (secondary N) is 2. The molecule has 2 unspecified atom stereocenters. The molecule has 9 nitrogen and oxygen atoms in total. The summed E-state index contributed by atoms with van der Waals surface area (Å²) in [7, 11) is 0. The maximum Gasteiger partial charge on any atom is 0.250 e. The molecule has 9 heteroatoms. The van der Waals surface area contributed by atoms with Gasteiger partial charge in [0, 0.05) is 66.1 Å². The van der Waals surface area contributed by atoms with Crippen molar-refractivity contribution in [3.8, 4) is 0 Å². The lowest BCUT2D eigenvalue weighted by atomic mass is 9.70. The molecule has 200 valence electrons. The quantitative estimate of drug-likeness (QED) is 0.344. The largest absolute Gasteiger partial charge is 0.733 e. The van der Waals surface area contributed by atoms with Crippen LogP contribution in [0, 0.1) is 17.0 Å². The normalized spacial score (nSPS) is 23.1. The van der Waals surface area contributed by atoms with Crippen molar-refractivity contribution in [2.75, 3.05) is 23.2 Å². The molecule has 39 heavy (non-hydrogen) atoms. The van der Waals surface area contributed by atoms with Crippen molar-refractivity contribution in [3.63, 3.8) is 0 Å². The highest BCUT2D eigenvalue weighted by Gasteiger charge is 2.49. The molecule has 4 atom stereocenters. The first-order valence-electron chi connectivity index (χ1n) is 13.6. The van der Waals surface area contributed by atoms with E-state index in [1.54, 1.807) is 18.2 Å². The van der Waals surface area contributed by atoms with E-state index < -0.39 is 0 Å². The number of aromatic amines is 1. The van der Waals surface area contributed by atoms with Crippen molar-refractivity contribution in [1.29, 1.82) is 0 Å². The van der Waals surface area contributed by atoms with Gasteiger partial charge in [0.15, 0.2) is 0 Å². The molecule has 4 aromatic rings. The van der Waals surface area contributed by atoms with Crippen LogP contribution in [0.1, 0.15) is 29.2 Å². The maximum absolute atomic E-state index is 13.8. The Balaban J connectivity index is 1.19. The summed E-state index contributed by atoms with van der Waals surface area (Å²) < 4.78 is 1.89. The van der Waals surface area contributed by atoms with Gasteiger partial charge in [-0.25, -0.2) is 0 Å². The van der Waals surface area contributed by atoms with Gasteiger partial charge in [-0.05, 0) is 66.6 Å². The Morgan fingerprint density at radius 2 is 2.00 bits per heavy atom. The van der Waals surface area contributed by atoms with Crippen molar-refractivity contribution < 1.29 is 10.0 Å². The van der Waals surface area contributed by atoms with E-state index in [9.17, 15) is 20.0 Å². The number of nitrogens with zero attached hydrogens (tertiary/aromatic N) is 3. The number of carbonyl (C=O) groups excluding carboxylic acids is 1. The van der Waals surface area contributed by atoms with Crippen LogP contribution >= 0.6 is 0 Å². The molecule has 2 aromatic carbocycles. The molecular formula is C30H30N5O4-. The summed E-state index contributed by atoms with van der Waals surface area (Å²) in [6, 6.07) is 18.7. The fourth-order valence-corrected chi connectivity index (χ4v) is 7.25. The SMILES string of the molecule is O=C(NCCc1c[nH]c2ccccc12)[C@@H]1Cc2cc(N([O-])O)ccc2N2CC3CC(Cn4c3cccc4=O)[C@@H]12. The molecule has 0 aliphatic carbocycles. The number of benzene rings is 2. The van der Waals surface area contributed by atoms with Crippen molar-refractivity contribution in [2.45, 2.75) is 37.8 Å². The minimum absolute atomic E-state index is 0.00900. The molecule has 3 aliphatic rings. The van der Waals surface area contributed by atoms with Gasteiger partial charge in [-0.2, -0.15) is 0 Å². The lowest BCUT2D eigenvalue weighted by molar-refractivity contribution is -0.126. The van der Waals surface area contributed by atoms with Crippen LogP contribution < -0.4 is 21.0 Å². The molecule has 1 fully saturated rings. The van der Waals surface area contributed by atoms with E-state index in [0.29, 0.717) is 32.5 Å². The third-order valence-electron chi connectivity index (χ3n) is 8.92. The summed E-state index contributed by atoms with van der Waals surface area (Å²) in [5.74, 6) is -0.0451. The van der Waals surface area contributed by atoms with Crippen LogP contribution in [0.4, 0.5) is 11.4 Å². The molecule has 7 rings (SSSR count). The van der Waals surface area contributed by atoms with E-state index in [1.807, 2.05) is 47.2 Å². The Morgan fingerprint density at radius 1 is 1.13 bits per heavy atom. The molecule has 1 amide bonds. The number of anilines is 2. The Kier molecular flexibility index (Phi) is 5.71. The van der Waals surface area contributed by atoms with Crippen LogP contribution in [0.25, 0.3) is 10.9 Å². The van der Waals surface area contributed by atoms with Crippen LogP contribution in [0.2, 0.25) is 0 Å². The molecule has 5 heterocycles. The average Bonchev–Trinajstić information content (AvgIpc) is 3.36. The number of fused-ring (bicyclic) bond motifs is 9. The van der Waals surface area contributed by atoms with Crippen LogP contribution in [-0.4, -0.2) is 39.8 Å². The van der Waals surface area contributed by atoms with Crippen molar-refractivity contribution in [2.24, 2.45) is 11.8 Å². The summed E-state index contributed by atoms with van der Waals surface area (Å²) in [5.41, 5.74) is 5.32. The summed E-state index contributed by atoms with van der Waals surface area (Å²) in [6.07, 6.45) is 4.11. The first-order chi connectivity index (χ1) is 19.0. The van der Waals surface area contributed by atoms with Crippen LogP contribution in [-0.2, 0) is 24.2 Å². The number of rotatable bonds is 5. The number of amides is 1. The van der Waals surface area contributed by atoms with E-state index >= 15 is 0 Å². The van der Waals surface area contributed by atoms with E-state index in [0.717, 1.165) is 39.8 Å². The molecule has 2 aromatic heterocycles. The van der Waals surface area contributed by atoms with Gasteiger partial charge in [0.1, 0.15) is 0 Å². The van der Waals surface area contributed by atoms with Gasteiger partial charge >= 0.3 is 0 Å². The van der Waals surface area contributed by atoms with Crippen LogP contribution in [0.15, 0.2) is 71.7 Å². The number of aromatic nitrogens is 2. The molecule has 0 radical (unpaired) electrons. The predicted molar refractivity (Wildman–Crippen MR) is 149 cm³/mol. The third kappa shape index (κ3) is 4.00. The Bertz CT molecular complexity index is 1630. The van der Waals surface area contributed by atoms with Crippen molar-refractivity contribution in [1.82, 2.24) is 14.9 Å². The van der Waals surface area contributed by atoms with Crippen molar-refractivity contribution in [3.05, 3.63) is 99.2 Å². The minimum atomic E-state index is -0.346. The first kappa shape index (κ1) is 24.0. The lowest BCUT2D eigenvalue weighted by Crippen LogP contribution is -2.61. The monoisotopic (exact) mass is 524 g/mol. The number of carbonyl (C=O) groups is 1. The minimum Gasteiger partial charge on any atom is -0.733 e. The van der Waals surface area contributed by atoms with E-state index in [-0.39, 0.29) is 46.2 Å². The van der Waals surface area contributed by atoms with Gasteiger partial charge < -0.3 is 30.2 Å². The van der Waals surface area contributed by atoms with Gasteiger partial charge in [-0.1, -0.05) is 24.3 Å². The second kappa shape index (κ2) is 9.29. The van der Waals surface area contributed by atoms with E-state index in [2.05, 4.69) is 21.3 Å². The zero-order valence-electron chi connectivity index (χ0n) is 21.4. The number of hydrogen-bond acceptors (Lipinski definition) is 6. The van der Waals surface area contributed by atoms with Crippen molar-refractivity contribution >= 4 is 28.2 Å². The predicted octanol–water partition coefficient (Wildman–Crippen LogP) is 3.55. The maximum atomic E-state index is 13.8. The topological polar surface area (TPSA) is 117 Å². The van der Waals surface area contributed by atoms with E-state index in [4.69, 9.17) is 0 Å². The number of hydrogen-bond donors (Lipinski definition) is 3. The lowest BCUT2D eigenvalue weighted by Gasteiger charge is -2.54. The van der Waals surface area contributed by atoms with Crippen LogP contribution in [0.3, 0.4) is 0 Å². The molecular weight excluding hydrogens is 494 g/mol. The third-order valence-corrected chi connectivity index (χ3v) is 8.92. The highest BCUT2D eigenvalue weighted by Crippen LogP contribution is 2.47. The number of pyridine rings is 1. The second-order valence-electron chi connectivity index (χ2n) is 11.0. The molecule has 0 saturated carbocycles. The average molecular weight is 525 g/mol. The fraction of sp³-hybridized carbons (Fsp3) is 0.333. The smallest absolute Gasteiger partial charge is 0.250 e. The van der Waals surface area contributed by atoms with Gasteiger partial charge in [0.05, 0.1) is 11.6 Å². The molecule has 3 N–H and O–H groups in total. The Morgan fingerprint density at radius 3 is 2.87 bits per heavy atom. The summed E-state index contributed by atoms with van der Waals surface area (Å²) in [5, 5.41) is 25.4. The highest BCUT2D eigenvalue weighted by atomic mass is 16.8. The van der Waals surface area contributed by atoms with Gasteiger partial charge in [-0.3, -0.25) is 14.8 Å². The Labute approximate surface area is 225 Å². The number of piperidine rings is 1.